The summed E-state index contributed by atoms with van der Waals surface area (Å²) in [5.74, 6) is 0.837. The number of aryl methyl sites for hydroxylation is 1. The molecule has 0 fully saturated rings. The van der Waals surface area contributed by atoms with Gasteiger partial charge in [-0.1, -0.05) is 42.3 Å². The molecule has 0 atom stereocenters. The lowest BCUT2D eigenvalue weighted by atomic mass is 10.1. The molecular formula is C22H23BrN2O2S. The Hall–Kier alpha value is -2.18. The van der Waals surface area contributed by atoms with Crippen LogP contribution in [0.2, 0.25) is 0 Å². The molecule has 0 saturated carbocycles. The first-order valence-corrected chi connectivity index (χ1v) is 10.9. The highest BCUT2D eigenvalue weighted by molar-refractivity contribution is 9.10. The molecule has 0 N–H and O–H groups in total. The number of hydrogen-bond donors (Lipinski definition) is 0. The Labute approximate surface area is 178 Å². The van der Waals surface area contributed by atoms with Gasteiger partial charge in [0.15, 0.2) is 5.13 Å². The van der Waals surface area contributed by atoms with Gasteiger partial charge in [-0.25, -0.2) is 4.98 Å². The van der Waals surface area contributed by atoms with E-state index < -0.39 is 0 Å². The highest BCUT2D eigenvalue weighted by Crippen LogP contribution is 2.38. The van der Waals surface area contributed by atoms with Gasteiger partial charge in [-0.2, -0.15) is 0 Å². The van der Waals surface area contributed by atoms with Gasteiger partial charge in [-0.15, -0.1) is 11.3 Å². The second-order valence-corrected chi connectivity index (χ2v) is 8.29. The SMILES string of the molecule is CCCc1sc(N(C(=O)CC)c2cccc(Br)c2)nc1-c1ccc(OC)cc1. The predicted molar refractivity (Wildman–Crippen MR) is 120 cm³/mol. The summed E-state index contributed by atoms with van der Waals surface area (Å²) in [6.07, 6.45) is 2.35. The fourth-order valence-corrected chi connectivity index (χ4v) is 4.55. The first-order chi connectivity index (χ1) is 13.6. The minimum absolute atomic E-state index is 0.0242. The molecule has 28 heavy (non-hydrogen) atoms. The van der Waals surface area contributed by atoms with Crippen LogP contribution in [0.4, 0.5) is 10.8 Å². The molecule has 0 saturated heterocycles. The Kier molecular flexibility index (Phi) is 6.86. The number of benzene rings is 2. The van der Waals surface area contributed by atoms with Crippen molar-refractivity contribution in [2.45, 2.75) is 33.1 Å². The maximum Gasteiger partial charge on any atom is 0.233 e. The van der Waals surface area contributed by atoms with E-state index in [1.165, 1.54) is 4.88 Å². The van der Waals surface area contributed by atoms with Crippen LogP contribution in [-0.2, 0) is 11.2 Å². The quantitative estimate of drug-likeness (QED) is 0.399. The number of aromatic nitrogens is 1. The number of rotatable bonds is 7. The lowest BCUT2D eigenvalue weighted by molar-refractivity contribution is -0.117. The molecule has 0 bridgehead atoms. The van der Waals surface area contributed by atoms with Crippen LogP contribution in [0.5, 0.6) is 5.75 Å². The van der Waals surface area contributed by atoms with Crippen molar-refractivity contribution in [3.05, 3.63) is 57.9 Å². The van der Waals surface area contributed by atoms with Gasteiger partial charge in [0.2, 0.25) is 5.91 Å². The number of hydrogen-bond acceptors (Lipinski definition) is 4. The van der Waals surface area contributed by atoms with E-state index in [-0.39, 0.29) is 5.91 Å². The van der Waals surface area contributed by atoms with Gasteiger partial charge in [0.25, 0.3) is 0 Å². The van der Waals surface area contributed by atoms with Crippen LogP contribution < -0.4 is 9.64 Å². The maximum absolute atomic E-state index is 12.8. The van der Waals surface area contributed by atoms with Crippen molar-refractivity contribution in [2.24, 2.45) is 0 Å². The molecule has 3 aromatic rings. The number of thiazole rings is 1. The van der Waals surface area contributed by atoms with Gasteiger partial charge < -0.3 is 4.74 Å². The fraction of sp³-hybridized carbons (Fsp3) is 0.273. The second kappa shape index (κ2) is 9.34. The zero-order valence-corrected chi connectivity index (χ0v) is 18.6. The van der Waals surface area contributed by atoms with Crippen molar-refractivity contribution in [1.82, 2.24) is 4.98 Å². The first kappa shape index (κ1) is 20.6. The molecule has 1 heterocycles. The fourth-order valence-electron chi connectivity index (χ4n) is 2.94. The summed E-state index contributed by atoms with van der Waals surface area (Å²) in [7, 11) is 1.66. The summed E-state index contributed by atoms with van der Waals surface area (Å²) < 4.78 is 6.20. The Morgan fingerprint density at radius 3 is 2.54 bits per heavy atom. The van der Waals surface area contributed by atoms with E-state index in [1.54, 1.807) is 23.3 Å². The molecule has 0 radical (unpaired) electrons. The first-order valence-electron chi connectivity index (χ1n) is 9.30. The Morgan fingerprint density at radius 1 is 1.18 bits per heavy atom. The Bertz CT molecular complexity index is 953. The smallest absolute Gasteiger partial charge is 0.233 e. The molecule has 0 aliphatic rings. The van der Waals surface area contributed by atoms with Crippen molar-refractivity contribution < 1.29 is 9.53 Å². The van der Waals surface area contributed by atoms with Gasteiger partial charge in [-0.3, -0.25) is 9.69 Å². The van der Waals surface area contributed by atoms with E-state index in [0.29, 0.717) is 11.6 Å². The monoisotopic (exact) mass is 458 g/mol. The van der Waals surface area contributed by atoms with Crippen molar-refractivity contribution in [3.8, 4) is 17.0 Å². The number of nitrogens with zero attached hydrogens (tertiary/aromatic N) is 2. The minimum atomic E-state index is 0.0242. The molecule has 1 aromatic heterocycles. The van der Waals surface area contributed by atoms with Crippen molar-refractivity contribution in [1.29, 1.82) is 0 Å². The van der Waals surface area contributed by atoms with Gasteiger partial charge in [-0.05, 0) is 48.9 Å². The molecule has 0 spiro atoms. The molecule has 2 aromatic carbocycles. The van der Waals surface area contributed by atoms with Crippen LogP contribution in [0.1, 0.15) is 31.6 Å². The van der Waals surface area contributed by atoms with Crippen LogP contribution in [0.15, 0.2) is 53.0 Å². The number of carbonyl (C=O) groups is 1. The van der Waals surface area contributed by atoms with Crippen molar-refractivity contribution in [2.75, 3.05) is 12.0 Å². The molecule has 3 rings (SSSR count). The molecule has 0 aliphatic carbocycles. The zero-order valence-electron chi connectivity index (χ0n) is 16.2. The topological polar surface area (TPSA) is 42.4 Å². The summed E-state index contributed by atoms with van der Waals surface area (Å²) >= 11 is 5.09. The normalized spacial score (nSPS) is 10.7. The van der Waals surface area contributed by atoms with Gasteiger partial charge >= 0.3 is 0 Å². The number of carbonyl (C=O) groups excluding carboxylic acids is 1. The molecule has 1 amide bonds. The van der Waals surface area contributed by atoms with Gasteiger partial charge in [0.1, 0.15) is 5.75 Å². The summed E-state index contributed by atoms with van der Waals surface area (Å²) in [5, 5.41) is 0.708. The van der Waals surface area contributed by atoms with Crippen LogP contribution >= 0.6 is 27.3 Å². The second-order valence-electron chi connectivity index (χ2n) is 6.31. The number of anilines is 2. The van der Waals surface area contributed by atoms with E-state index in [1.807, 2.05) is 55.5 Å². The third kappa shape index (κ3) is 4.45. The third-order valence-electron chi connectivity index (χ3n) is 4.34. The Balaban J connectivity index is 2.09. The lowest BCUT2D eigenvalue weighted by Gasteiger charge is -2.19. The summed E-state index contributed by atoms with van der Waals surface area (Å²) in [6, 6.07) is 15.7. The molecule has 6 heteroatoms. The van der Waals surface area contributed by atoms with E-state index in [9.17, 15) is 4.79 Å². The van der Waals surface area contributed by atoms with Gasteiger partial charge in [0, 0.05) is 21.3 Å². The van der Waals surface area contributed by atoms with Crippen LogP contribution in [-0.4, -0.2) is 18.0 Å². The van der Waals surface area contributed by atoms with Crippen LogP contribution in [0.3, 0.4) is 0 Å². The van der Waals surface area contributed by atoms with Crippen LogP contribution in [0, 0.1) is 0 Å². The summed E-state index contributed by atoms with van der Waals surface area (Å²) in [5.41, 5.74) is 2.79. The zero-order chi connectivity index (χ0) is 20.1. The average Bonchev–Trinajstić information content (AvgIpc) is 3.11. The van der Waals surface area contributed by atoms with Crippen molar-refractivity contribution >= 4 is 44.0 Å². The number of amides is 1. The number of ether oxygens (including phenoxy) is 1. The van der Waals surface area contributed by atoms with E-state index >= 15 is 0 Å². The molecule has 0 aliphatic heterocycles. The van der Waals surface area contributed by atoms with E-state index in [4.69, 9.17) is 9.72 Å². The molecule has 146 valence electrons. The third-order valence-corrected chi connectivity index (χ3v) is 5.93. The lowest BCUT2D eigenvalue weighted by Crippen LogP contribution is -2.24. The van der Waals surface area contributed by atoms with Crippen molar-refractivity contribution in [3.63, 3.8) is 0 Å². The largest absolute Gasteiger partial charge is 0.497 e. The predicted octanol–water partition coefficient (Wildman–Crippen LogP) is 6.61. The number of halogens is 1. The summed E-state index contributed by atoms with van der Waals surface area (Å²) in [4.78, 5) is 20.6. The number of methoxy groups -OCH3 is 1. The van der Waals surface area contributed by atoms with E-state index in [0.717, 1.165) is 40.0 Å². The Morgan fingerprint density at radius 2 is 1.93 bits per heavy atom. The van der Waals surface area contributed by atoms with Gasteiger partial charge in [0.05, 0.1) is 18.5 Å². The van der Waals surface area contributed by atoms with Crippen LogP contribution in [0.25, 0.3) is 11.3 Å². The highest BCUT2D eigenvalue weighted by atomic mass is 79.9. The summed E-state index contributed by atoms with van der Waals surface area (Å²) in [6.45, 7) is 4.03. The highest BCUT2D eigenvalue weighted by Gasteiger charge is 2.23. The molecule has 0 unspecified atom stereocenters. The standard InChI is InChI=1S/C22H23BrN2O2S/c1-4-7-19-21(15-10-12-18(27-3)13-11-15)24-22(28-19)25(20(26)5-2)17-9-6-8-16(23)14-17/h6,8-14H,4-5,7H2,1-3H3. The van der Waals surface area contributed by atoms with E-state index in [2.05, 4.69) is 22.9 Å². The molecule has 4 nitrogen and oxygen atoms in total. The minimum Gasteiger partial charge on any atom is -0.497 e. The maximum atomic E-state index is 12.8. The molecular weight excluding hydrogens is 436 g/mol. The average molecular weight is 459 g/mol.